The average Bonchev–Trinajstić information content (AvgIpc) is 2.96. The van der Waals surface area contributed by atoms with Crippen molar-refractivity contribution < 1.29 is 13.7 Å². The van der Waals surface area contributed by atoms with Crippen molar-refractivity contribution in [2.24, 2.45) is 0 Å². The van der Waals surface area contributed by atoms with Crippen molar-refractivity contribution in [3.8, 4) is 11.3 Å². The summed E-state index contributed by atoms with van der Waals surface area (Å²) in [6.07, 6.45) is 0. The molecule has 0 unspecified atom stereocenters. The second-order valence-corrected chi connectivity index (χ2v) is 4.98. The lowest BCUT2D eigenvalue weighted by atomic mass is 10.1. The Balaban J connectivity index is 1.77. The number of halogens is 2. The van der Waals surface area contributed by atoms with Crippen molar-refractivity contribution in [2.75, 3.05) is 5.32 Å². The maximum absolute atomic E-state index is 13.1. The van der Waals surface area contributed by atoms with Crippen molar-refractivity contribution in [3.63, 3.8) is 0 Å². The van der Waals surface area contributed by atoms with Crippen LogP contribution in [-0.2, 0) is 0 Å². The number of carbonyl (C=O) groups excluding carboxylic acids is 1. The van der Waals surface area contributed by atoms with E-state index in [0.717, 1.165) is 11.6 Å². The lowest BCUT2D eigenvalue weighted by molar-refractivity contribution is 0.102. The molecule has 6 heteroatoms. The Hall–Kier alpha value is -2.66. The lowest BCUT2D eigenvalue weighted by Crippen LogP contribution is -2.11. The van der Waals surface area contributed by atoms with Crippen LogP contribution in [0.4, 0.5) is 10.3 Å². The predicted octanol–water partition coefficient (Wildman–Crippen LogP) is 4.39. The quantitative estimate of drug-likeness (QED) is 0.779. The standard InChI is InChI=1S/C16H10ClFN2O2/c17-12-6-4-10(5-7-12)14-9-15(22-20-14)19-16(21)11-2-1-3-13(18)8-11/h1-9H,(H,19,21). The maximum Gasteiger partial charge on any atom is 0.258 e. The van der Waals surface area contributed by atoms with Gasteiger partial charge in [-0.15, -0.1) is 0 Å². The zero-order chi connectivity index (χ0) is 15.5. The van der Waals surface area contributed by atoms with Gasteiger partial charge in [0.25, 0.3) is 5.91 Å². The van der Waals surface area contributed by atoms with Crippen LogP contribution in [0.3, 0.4) is 0 Å². The van der Waals surface area contributed by atoms with E-state index in [4.69, 9.17) is 16.1 Å². The van der Waals surface area contributed by atoms with Crippen molar-refractivity contribution in [1.82, 2.24) is 5.16 Å². The molecule has 4 nitrogen and oxygen atoms in total. The van der Waals surface area contributed by atoms with Gasteiger partial charge in [0.2, 0.25) is 5.88 Å². The Morgan fingerprint density at radius 1 is 1.14 bits per heavy atom. The molecule has 1 amide bonds. The number of amides is 1. The largest absolute Gasteiger partial charge is 0.338 e. The molecule has 0 bridgehead atoms. The summed E-state index contributed by atoms with van der Waals surface area (Å²) in [5.74, 6) is -0.774. The Morgan fingerprint density at radius 2 is 1.91 bits per heavy atom. The molecule has 22 heavy (non-hydrogen) atoms. The summed E-state index contributed by atoms with van der Waals surface area (Å²) in [6, 6.07) is 14.0. The minimum absolute atomic E-state index is 0.180. The molecular weight excluding hydrogens is 307 g/mol. The van der Waals surface area contributed by atoms with Gasteiger partial charge in [-0.1, -0.05) is 35.0 Å². The number of carbonyl (C=O) groups is 1. The van der Waals surface area contributed by atoms with Gasteiger partial charge in [0, 0.05) is 22.2 Å². The van der Waals surface area contributed by atoms with Gasteiger partial charge >= 0.3 is 0 Å². The Kier molecular flexibility index (Phi) is 3.89. The first-order valence-corrected chi connectivity index (χ1v) is 6.79. The number of aromatic nitrogens is 1. The summed E-state index contributed by atoms with van der Waals surface area (Å²) in [5.41, 5.74) is 1.56. The van der Waals surface area contributed by atoms with E-state index in [1.165, 1.54) is 18.2 Å². The highest BCUT2D eigenvalue weighted by Crippen LogP contribution is 2.23. The zero-order valence-electron chi connectivity index (χ0n) is 11.2. The average molecular weight is 317 g/mol. The van der Waals surface area contributed by atoms with Gasteiger partial charge < -0.3 is 4.52 Å². The summed E-state index contributed by atoms with van der Waals surface area (Å²) < 4.78 is 18.2. The highest BCUT2D eigenvalue weighted by molar-refractivity contribution is 6.30. The van der Waals surface area contributed by atoms with E-state index in [0.29, 0.717) is 10.7 Å². The molecule has 0 radical (unpaired) electrons. The van der Waals surface area contributed by atoms with E-state index >= 15 is 0 Å². The highest BCUT2D eigenvalue weighted by Gasteiger charge is 2.11. The Bertz CT molecular complexity index is 815. The van der Waals surface area contributed by atoms with Gasteiger partial charge in [0.05, 0.1) is 0 Å². The molecule has 3 rings (SSSR count). The first-order valence-electron chi connectivity index (χ1n) is 6.41. The van der Waals surface area contributed by atoms with Gasteiger partial charge in [-0.3, -0.25) is 10.1 Å². The maximum atomic E-state index is 13.1. The van der Waals surface area contributed by atoms with E-state index in [9.17, 15) is 9.18 Å². The van der Waals surface area contributed by atoms with Crippen LogP contribution < -0.4 is 5.32 Å². The third-order valence-corrected chi connectivity index (χ3v) is 3.23. The van der Waals surface area contributed by atoms with Gasteiger partial charge in [-0.25, -0.2) is 4.39 Å². The minimum atomic E-state index is -0.480. The fourth-order valence-corrected chi connectivity index (χ4v) is 2.03. The predicted molar refractivity (Wildman–Crippen MR) is 81.3 cm³/mol. The summed E-state index contributed by atoms with van der Waals surface area (Å²) in [7, 11) is 0. The number of benzene rings is 2. The van der Waals surface area contributed by atoms with Gasteiger partial charge in [0.1, 0.15) is 11.5 Å². The second kappa shape index (κ2) is 5.99. The van der Waals surface area contributed by atoms with Gasteiger partial charge in [-0.05, 0) is 30.3 Å². The molecule has 0 aliphatic carbocycles. The molecule has 110 valence electrons. The molecule has 0 fully saturated rings. The summed E-state index contributed by atoms with van der Waals surface area (Å²) >= 11 is 5.82. The fraction of sp³-hybridized carbons (Fsp3) is 0. The first-order chi connectivity index (χ1) is 10.6. The minimum Gasteiger partial charge on any atom is -0.338 e. The smallest absolute Gasteiger partial charge is 0.258 e. The van der Waals surface area contributed by atoms with E-state index in [1.807, 2.05) is 0 Å². The van der Waals surface area contributed by atoms with Gasteiger partial charge in [-0.2, -0.15) is 0 Å². The normalized spacial score (nSPS) is 10.5. The second-order valence-electron chi connectivity index (χ2n) is 4.55. The van der Waals surface area contributed by atoms with Crippen LogP contribution in [0.15, 0.2) is 59.1 Å². The van der Waals surface area contributed by atoms with Crippen LogP contribution in [0, 0.1) is 5.82 Å². The topological polar surface area (TPSA) is 55.1 Å². The molecule has 0 saturated heterocycles. The van der Waals surface area contributed by atoms with Crippen LogP contribution >= 0.6 is 11.6 Å². The zero-order valence-corrected chi connectivity index (χ0v) is 12.0. The molecule has 1 heterocycles. The van der Waals surface area contributed by atoms with E-state index in [1.54, 1.807) is 30.3 Å². The molecule has 0 saturated carbocycles. The van der Waals surface area contributed by atoms with E-state index in [-0.39, 0.29) is 11.4 Å². The molecule has 1 N–H and O–H groups in total. The highest BCUT2D eigenvalue weighted by atomic mass is 35.5. The fourth-order valence-electron chi connectivity index (χ4n) is 1.90. The van der Waals surface area contributed by atoms with Crippen LogP contribution in [0.1, 0.15) is 10.4 Å². The van der Waals surface area contributed by atoms with E-state index in [2.05, 4.69) is 10.5 Å². The van der Waals surface area contributed by atoms with Crippen LogP contribution in [0.25, 0.3) is 11.3 Å². The number of nitrogens with one attached hydrogen (secondary N) is 1. The van der Waals surface area contributed by atoms with Crippen LogP contribution in [0.2, 0.25) is 5.02 Å². The number of hydrogen-bond acceptors (Lipinski definition) is 3. The van der Waals surface area contributed by atoms with Crippen molar-refractivity contribution in [1.29, 1.82) is 0 Å². The first kappa shape index (κ1) is 14.3. The van der Waals surface area contributed by atoms with Crippen molar-refractivity contribution in [3.05, 3.63) is 71.0 Å². The van der Waals surface area contributed by atoms with E-state index < -0.39 is 11.7 Å². The van der Waals surface area contributed by atoms with Gasteiger partial charge in [0.15, 0.2) is 0 Å². The lowest BCUT2D eigenvalue weighted by Gasteiger charge is -2.00. The number of nitrogens with zero attached hydrogens (tertiary/aromatic N) is 1. The monoisotopic (exact) mass is 316 g/mol. The Labute approximate surface area is 130 Å². The van der Waals surface area contributed by atoms with Crippen molar-refractivity contribution >= 4 is 23.4 Å². The molecular formula is C16H10ClFN2O2. The molecule has 0 atom stereocenters. The third kappa shape index (κ3) is 3.15. The van der Waals surface area contributed by atoms with Crippen LogP contribution in [-0.4, -0.2) is 11.1 Å². The van der Waals surface area contributed by atoms with Crippen molar-refractivity contribution in [2.45, 2.75) is 0 Å². The third-order valence-electron chi connectivity index (χ3n) is 2.97. The molecule has 0 aliphatic heterocycles. The molecule has 0 aliphatic rings. The SMILES string of the molecule is O=C(Nc1cc(-c2ccc(Cl)cc2)no1)c1cccc(F)c1. The summed E-state index contributed by atoms with van der Waals surface area (Å²) in [4.78, 5) is 12.0. The molecule has 3 aromatic rings. The number of hydrogen-bond donors (Lipinski definition) is 1. The van der Waals surface area contributed by atoms with Crippen LogP contribution in [0.5, 0.6) is 0 Å². The summed E-state index contributed by atoms with van der Waals surface area (Å²) in [5, 5.41) is 7.02. The molecule has 2 aromatic carbocycles. The number of rotatable bonds is 3. The Morgan fingerprint density at radius 3 is 2.64 bits per heavy atom. The summed E-state index contributed by atoms with van der Waals surface area (Å²) in [6.45, 7) is 0. The molecule has 1 aromatic heterocycles. The number of anilines is 1. The molecule has 0 spiro atoms.